The first kappa shape index (κ1) is 41.0. The standard InChI is InChI=1S/2C16H14F2N3O4S.Mg/c2*1-23-13-5-6-19-12(14(13)24-2)8-26(22)16-20-10-4-3-9(25-15(17)18)7-11(10)21-16;/h2*3-7,15H,8H2,1-2H3;/q2*-1;+2. The number of benzene rings is 2. The molecule has 4 aromatic heterocycles. The second-order valence-corrected chi connectivity index (χ2v) is 12.7. The Labute approximate surface area is 320 Å². The van der Waals surface area contributed by atoms with Gasteiger partial charge in [-0.15, -0.1) is 0 Å². The Morgan fingerprint density at radius 2 is 1.02 bits per heavy atom. The summed E-state index contributed by atoms with van der Waals surface area (Å²) in [6.45, 7) is -5.87. The zero-order valence-corrected chi connectivity index (χ0v) is 31.4. The smallest absolute Gasteiger partial charge is 0.493 e. The molecule has 0 saturated carbocycles. The summed E-state index contributed by atoms with van der Waals surface area (Å²) in [7, 11) is 2.67. The molecule has 2 unspecified atom stereocenters. The molecular weight excluding hydrogens is 761 g/mol. The van der Waals surface area contributed by atoms with Gasteiger partial charge in [0.15, 0.2) is 23.0 Å². The van der Waals surface area contributed by atoms with Crippen LogP contribution in [0.25, 0.3) is 22.1 Å². The van der Waals surface area contributed by atoms with Gasteiger partial charge in [-0.3, -0.25) is 18.4 Å². The number of hydrogen-bond donors (Lipinski definition) is 0. The summed E-state index contributed by atoms with van der Waals surface area (Å²) in [4.78, 5) is 25.0. The third kappa shape index (κ3) is 10.2. The Morgan fingerprint density at radius 1 is 0.623 bits per heavy atom. The van der Waals surface area contributed by atoms with E-state index in [1.165, 1.54) is 77.2 Å². The van der Waals surface area contributed by atoms with Gasteiger partial charge in [-0.2, -0.15) is 17.6 Å². The van der Waals surface area contributed by atoms with Crippen LogP contribution in [0.15, 0.2) is 71.2 Å². The SMILES string of the molecule is COc1ccnc(CS(=O)c2nc3cc(OC(F)F)ccc3[n-]2)c1OC.COc1ccnc(CS(=O)c2nc3cc(OC(F)F)ccc3[n-]2)c1OC.[Mg+2]. The van der Waals surface area contributed by atoms with E-state index < -0.39 is 34.8 Å². The van der Waals surface area contributed by atoms with Crippen molar-refractivity contribution in [3.63, 3.8) is 0 Å². The molecule has 0 fully saturated rings. The fourth-order valence-electron chi connectivity index (χ4n) is 4.68. The summed E-state index contributed by atoms with van der Waals surface area (Å²) in [6, 6.07) is 11.5. The van der Waals surface area contributed by atoms with Crippen molar-refractivity contribution in [3.05, 3.63) is 72.3 Å². The molecule has 0 saturated heterocycles. The van der Waals surface area contributed by atoms with Gasteiger partial charge in [0.05, 0.1) is 72.9 Å². The van der Waals surface area contributed by atoms with Crippen LogP contribution in [0.1, 0.15) is 11.4 Å². The van der Waals surface area contributed by atoms with Gasteiger partial charge in [0, 0.05) is 34.8 Å². The number of hydrogen-bond acceptors (Lipinski definition) is 12. The van der Waals surface area contributed by atoms with Crippen molar-refractivity contribution in [1.29, 1.82) is 0 Å². The Hall–Kier alpha value is -4.73. The van der Waals surface area contributed by atoms with Crippen LogP contribution >= 0.6 is 0 Å². The molecule has 0 radical (unpaired) electrons. The Morgan fingerprint density at radius 3 is 1.36 bits per heavy atom. The van der Waals surface area contributed by atoms with Gasteiger partial charge in [-0.05, 0) is 46.3 Å². The van der Waals surface area contributed by atoms with Crippen LogP contribution in [-0.2, 0) is 33.1 Å². The summed E-state index contributed by atoms with van der Waals surface area (Å²) in [5.74, 6) is 1.64. The zero-order valence-electron chi connectivity index (χ0n) is 28.3. The molecule has 2 atom stereocenters. The molecule has 0 aliphatic rings. The zero-order chi connectivity index (χ0) is 37.4. The van der Waals surface area contributed by atoms with Gasteiger partial charge in [-0.1, -0.05) is 12.1 Å². The largest absolute Gasteiger partial charge is 2.00 e. The third-order valence-corrected chi connectivity index (χ3v) is 9.13. The normalized spacial score (nSPS) is 12.1. The molecule has 6 rings (SSSR count). The first-order chi connectivity index (χ1) is 25.0. The van der Waals surface area contributed by atoms with E-state index in [0.29, 0.717) is 56.5 Å². The van der Waals surface area contributed by atoms with Crippen molar-refractivity contribution in [2.24, 2.45) is 0 Å². The molecule has 14 nitrogen and oxygen atoms in total. The number of halogens is 4. The number of aromatic nitrogens is 6. The van der Waals surface area contributed by atoms with Gasteiger partial charge in [0.1, 0.15) is 11.5 Å². The summed E-state index contributed by atoms with van der Waals surface area (Å²) in [5, 5.41) is 0.140. The summed E-state index contributed by atoms with van der Waals surface area (Å²) >= 11 is 0. The van der Waals surface area contributed by atoms with Crippen LogP contribution < -0.4 is 38.4 Å². The maximum absolute atomic E-state index is 12.6. The minimum absolute atomic E-state index is 0. The average molecular weight is 789 g/mol. The summed E-state index contributed by atoms with van der Waals surface area (Å²) in [6.07, 6.45) is 3.04. The number of imidazole rings is 2. The van der Waals surface area contributed by atoms with Crippen molar-refractivity contribution in [3.8, 4) is 34.5 Å². The molecule has 21 heteroatoms. The topological polar surface area (TPSA) is 169 Å². The molecule has 53 heavy (non-hydrogen) atoms. The van der Waals surface area contributed by atoms with Crippen LogP contribution in [0.3, 0.4) is 0 Å². The molecule has 0 bridgehead atoms. The molecule has 0 amide bonds. The van der Waals surface area contributed by atoms with Crippen LogP contribution in [0.2, 0.25) is 0 Å². The Bertz CT molecular complexity index is 2060. The molecule has 2 aromatic carbocycles. The molecule has 276 valence electrons. The predicted molar refractivity (Wildman–Crippen MR) is 184 cm³/mol. The number of nitrogens with zero attached hydrogens (tertiary/aromatic N) is 6. The van der Waals surface area contributed by atoms with Crippen molar-refractivity contribution < 1.29 is 54.4 Å². The van der Waals surface area contributed by atoms with Crippen LogP contribution in [0, 0.1) is 0 Å². The van der Waals surface area contributed by atoms with Gasteiger partial charge in [-0.25, -0.2) is 0 Å². The van der Waals surface area contributed by atoms with E-state index in [4.69, 9.17) is 18.9 Å². The Kier molecular flexibility index (Phi) is 14.6. The van der Waals surface area contributed by atoms with Crippen LogP contribution in [0.5, 0.6) is 34.5 Å². The van der Waals surface area contributed by atoms with Gasteiger partial charge in [0.2, 0.25) is 0 Å². The van der Waals surface area contributed by atoms with E-state index in [1.807, 2.05) is 0 Å². The maximum Gasteiger partial charge on any atom is 2.00 e. The quantitative estimate of drug-likeness (QED) is 0.110. The predicted octanol–water partition coefficient (Wildman–Crippen LogP) is 4.65. The van der Waals surface area contributed by atoms with E-state index in [0.717, 1.165) is 0 Å². The minimum Gasteiger partial charge on any atom is -0.493 e. The molecule has 0 aliphatic heterocycles. The number of pyridine rings is 2. The van der Waals surface area contributed by atoms with Gasteiger partial charge >= 0.3 is 36.3 Å². The molecule has 0 aliphatic carbocycles. The Balaban J connectivity index is 0.000000232. The first-order valence-electron chi connectivity index (χ1n) is 14.7. The molecule has 6 aromatic rings. The number of methoxy groups -OCH3 is 4. The fraction of sp³-hybridized carbons (Fsp3) is 0.250. The van der Waals surface area contributed by atoms with Crippen molar-refractivity contribution in [1.82, 2.24) is 29.9 Å². The summed E-state index contributed by atoms with van der Waals surface area (Å²) < 4.78 is 104. The van der Waals surface area contributed by atoms with Crippen molar-refractivity contribution in [2.45, 2.75) is 35.0 Å². The first-order valence-corrected chi connectivity index (χ1v) is 17.3. The number of rotatable bonds is 14. The molecule has 4 heterocycles. The van der Waals surface area contributed by atoms with Crippen molar-refractivity contribution >= 4 is 66.7 Å². The minimum atomic E-state index is -2.93. The number of alkyl halides is 4. The van der Waals surface area contributed by atoms with Crippen molar-refractivity contribution in [2.75, 3.05) is 28.4 Å². The molecule has 0 N–H and O–H groups in total. The average Bonchev–Trinajstić information content (AvgIpc) is 3.75. The van der Waals surface area contributed by atoms with E-state index >= 15 is 0 Å². The van der Waals surface area contributed by atoms with Gasteiger partial charge in [0.25, 0.3) is 0 Å². The van der Waals surface area contributed by atoms with E-state index in [1.54, 1.807) is 12.1 Å². The third-order valence-electron chi connectivity index (χ3n) is 6.88. The fourth-order valence-corrected chi connectivity index (χ4v) is 6.64. The van der Waals surface area contributed by atoms with E-state index in [9.17, 15) is 26.0 Å². The summed E-state index contributed by atoms with van der Waals surface area (Å²) in [5.41, 5.74) is 2.36. The van der Waals surface area contributed by atoms with Crippen LogP contribution in [0.4, 0.5) is 17.6 Å². The number of fused-ring (bicyclic) bond motifs is 2. The number of ether oxygens (including phenoxy) is 6. The molecular formula is C32H28F4MgN6O8S2. The second kappa shape index (κ2) is 18.8. The van der Waals surface area contributed by atoms with E-state index in [2.05, 4.69) is 39.4 Å². The van der Waals surface area contributed by atoms with Gasteiger partial charge < -0.3 is 48.4 Å². The van der Waals surface area contributed by atoms with E-state index in [-0.39, 0.29) is 56.4 Å². The molecule has 0 spiro atoms. The second-order valence-electron chi connectivity index (χ2n) is 10.0. The monoisotopic (exact) mass is 788 g/mol. The van der Waals surface area contributed by atoms with Crippen LogP contribution in [-0.4, -0.2) is 93.1 Å². The maximum atomic E-state index is 12.6.